The van der Waals surface area contributed by atoms with E-state index in [1.807, 2.05) is 12.1 Å². The minimum absolute atomic E-state index is 0.151. The van der Waals surface area contributed by atoms with Crippen molar-refractivity contribution in [3.05, 3.63) is 48.0 Å². The van der Waals surface area contributed by atoms with Crippen LogP contribution in [-0.4, -0.2) is 108 Å². The number of carbonyl (C=O) groups excluding carboxylic acids is 2. The molecule has 1 saturated heterocycles. The molecule has 4 radical (unpaired) electrons. The van der Waals surface area contributed by atoms with Crippen LogP contribution in [0.2, 0.25) is 0 Å². The molecular formula is C28H40B2N4O6S. The molecule has 0 saturated carbocycles. The predicted molar refractivity (Wildman–Crippen MR) is 161 cm³/mol. The third kappa shape index (κ3) is 9.02. The Morgan fingerprint density at radius 3 is 2.27 bits per heavy atom. The number of fused-ring (bicyclic) bond motifs is 1. The molecule has 13 heteroatoms. The maximum atomic E-state index is 12.7. The summed E-state index contributed by atoms with van der Waals surface area (Å²) in [5, 5.41) is 5.39. The number of piperidine rings is 1. The van der Waals surface area contributed by atoms with E-state index in [1.165, 1.54) is 20.6 Å². The van der Waals surface area contributed by atoms with E-state index < -0.39 is 46.6 Å². The van der Waals surface area contributed by atoms with E-state index in [1.54, 1.807) is 13.8 Å². The maximum absolute atomic E-state index is 12.7. The maximum Gasteiger partial charge on any atom is 0.238 e. The molecule has 0 aliphatic carbocycles. The second kappa shape index (κ2) is 14.6. The van der Waals surface area contributed by atoms with Crippen LogP contribution in [0.3, 0.4) is 0 Å². The molecule has 2 aromatic rings. The minimum atomic E-state index is -3.69. The van der Waals surface area contributed by atoms with Crippen LogP contribution in [0.4, 0.5) is 0 Å². The van der Waals surface area contributed by atoms with Crippen LogP contribution in [0.15, 0.2) is 42.5 Å². The fraction of sp³-hybridized carbons (Fsp3) is 0.571. The first-order valence-electron chi connectivity index (χ1n) is 13.9. The quantitative estimate of drug-likeness (QED) is 0.255. The van der Waals surface area contributed by atoms with Crippen molar-refractivity contribution in [2.75, 3.05) is 45.6 Å². The minimum Gasteiger partial charge on any atom is -0.361 e. The van der Waals surface area contributed by atoms with Crippen LogP contribution in [0.1, 0.15) is 45.2 Å². The van der Waals surface area contributed by atoms with Gasteiger partial charge in [0.05, 0.1) is 35.0 Å². The van der Waals surface area contributed by atoms with Crippen molar-refractivity contribution in [2.45, 2.75) is 57.3 Å². The number of nitrogens with zero attached hydrogens (tertiary/aromatic N) is 2. The molecular weight excluding hydrogens is 542 g/mol. The average Bonchev–Trinajstić information content (AvgIpc) is 2.93. The molecule has 10 nitrogen and oxygen atoms in total. The van der Waals surface area contributed by atoms with Crippen LogP contribution in [0.5, 0.6) is 0 Å². The number of nitrogens with one attached hydrogen (secondary N) is 2. The van der Waals surface area contributed by atoms with E-state index >= 15 is 0 Å². The Morgan fingerprint density at radius 2 is 1.66 bits per heavy atom. The summed E-state index contributed by atoms with van der Waals surface area (Å²) in [4.78, 5) is 27.5. The lowest BCUT2D eigenvalue weighted by Gasteiger charge is -2.40. The molecule has 1 aliphatic rings. The zero-order valence-electron chi connectivity index (χ0n) is 24.3. The zero-order valence-corrected chi connectivity index (χ0v) is 25.2. The summed E-state index contributed by atoms with van der Waals surface area (Å²) in [6.45, 7) is 6.66. The standard InChI is InChI=1S/C28H40B2N4O6S/c1-5-39-27(40-6-2)28(29,30)32-25(35)18-31-26(36)19-34(41(4,37)38)22-14-16-33(17-15-22)20(3)23-13-9-11-21-10-7-8-12-24(21)23/h7-13,20,22,27H,5-6,14-19H2,1-4H3,(H,31,36)(H,32,35). The Bertz CT molecular complexity index is 1280. The number of sulfonamides is 1. The van der Waals surface area contributed by atoms with Gasteiger partial charge in [-0.05, 0) is 49.9 Å². The Hall–Kier alpha value is -2.44. The molecule has 2 aromatic carbocycles. The van der Waals surface area contributed by atoms with Gasteiger partial charge < -0.3 is 20.1 Å². The molecule has 2 amide bonds. The van der Waals surface area contributed by atoms with Crippen molar-refractivity contribution in [3.8, 4) is 0 Å². The summed E-state index contributed by atoms with van der Waals surface area (Å²) in [5.41, 5.74) is 1.23. The highest BCUT2D eigenvalue weighted by Crippen LogP contribution is 2.31. The summed E-state index contributed by atoms with van der Waals surface area (Å²) >= 11 is 0. The van der Waals surface area contributed by atoms with Gasteiger partial charge in [0.2, 0.25) is 21.8 Å². The molecule has 1 aliphatic heterocycles. The SMILES string of the molecule is [B]C([B])(NC(=O)CNC(=O)CN(C1CCN(C(C)c2cccc3ccccc23)CC1)S(C)(=O)=O)C(OCC)OCC. The fourth-order valence-corrected chi connectivity index (χ4v) is 6.34. The van der Waals surface area contributed by atoms with Crippen molar-refractivity contribution < 1.29 is 27.5 Å². The van der Waals surface area contributed by atoms with Crippen LogP contribution in [-0.2, 0) is 29.1 Å². The fourth-order valence-electron chi connectivity index (χ4n) is 5.24. The van der Waals surface area contributed by atoms with Gasteiger partial charge in [-0.2, -0.15) is 4.31 Å². The van der Waals surface area contributed by atoms with E-state index in [9.17, 15) is 18.0 Å². The Morgan fingerprint density at radius 1 is 1.05 bits per heavy atom. The second-order valence-electron chi connectivity index (χ2n) is 10.3. The van der Waals surface area contributed by atoms with Crippen LogP contribution >= 0.6 is 0 Å². The molecule has 1 fully saturated rings. The highest BCUT2D eigenvalue weighted by atomic mass is 32.2. The Balaban J connectivity index is 1.56. The van der Waals surface area contributed by atoms with Gasteiger partial charge in [0.15, 0.2) is 6.29 Å². The highest BCUT2D eigenvalue weighted by molar-refractivity contribution is 7.88. The van der Waals surface area contributed by atoms with E-state index in [0.29, 0.717) is 25.9 Å². The topological polar surface area (TPSA) is 117 Å². The average molecular weight is 582 g/mol. The van der Waals surface area contributed by atoms with Gasteiger partial charge in [-0.15, -0.1) is 0 Å². The van der Waals surface area contributed by atoms with E-state index in [-0.39, 0.29) is 25.3 Å². The van der Waals surface area contributed by atoms with Crippen molar-refractivity contribution in [1.82, 2.24) is 19.8 Å². The van der Waals surface area contributed by atoms with E-state index in [4.69, 9.17) is 25.2 Å². The molecule has 3 rings (SSSR count). The number of ether oxygens (including phenoxy) is 2. The predicted octanol–water partition coefficient (Wildman–Crippen LogP) is 1.25. The highest BCUT2D eigenvalue weighted by Gasteiger charge is 2.34. The van der Waals surface area contributed by atoms with Crippen molar-refractivity contribution in [3.63, 3.8) is 0 Å². The van der Waals surface area contributed by atoms with Gasteiger partial charge in [-0.1, -0.05) is 42.5 Å². The second-order valence-corrected chi connectivity index (χ2v) is 12.3. The van der Waals surface area contributed by atoms with E-state index in [2.05, 4.69) is 52.8 Å². The molecule has 0 aromatic heterocycles. The molecule has 1 heterocycles. The number of carbonyl (C=O) groups is 2. The van der Waals surface area contributed by atoms with Crippen LogP contribution in [0.25, 0.3) is 10.8 Å². The summed E-state index contributed by atoms with van der Waals surface area (Å²) in [5.74, 6) is -1.28. The third-order valence-corrected chi connectivity index (χ3v) is 8.56. The molecule has 2 N–H and O–H groups in total. The van der Waals surface area contributed by atoms with Gasteiger partial charge in [0.25, 0.3) is 0 Å². The molecule has 220 valence electrons. The van der Waals surface area contributed by atoms with Gasteiger partial charge in [-0.25, -0.2) is 8.42 Å². The summed E-state index contributed by atoms with van der Waals surface area (Å²) < 4.78 is 37.2. The molecule has 1 atom stereocenters. The third-order valence-electron chi connectivity index (χ3n) is 7.28. The Kier molecular flexibility index (Phi) is 11.8. The normalized spacial score (nSPS) is 16.2. The first-order chi connectivity index (χ1) is 19.4. The summed E-state index contributed by atoms with van der Waals surface area (Å²) in [6, 6.07) is 14.4. The lowest BCUT2D eigenvalue weighted by molar-refractivity contribution is -0.153. The van der Waals surface area contributed by atoms with Crippen molar-refractivity contribution in [1.29, 1.82) is 0 Å². The van der Waals surface area contributed by atoms with Crippen molar-refractivity contribution in [2.24, 2.45) is 0 Å². The zero-order chi connectivity index (χ0) is 30.2. The van der Waals surface area contributed by atoms with E-state index in [0.717, 1.165) is 6.26 Å². The Labute approximate surface area is 246 Å². The number of amides is 2. The number of benzene rings is 2. The molecule has 0 spiro atoms. The number of rotatable bonds is 14. The first kappa shape index (κ1) is 33.1. The van der Waals surface area contributed by atoms with Crippen LogP contribution < -0.4 is 10.6 Å². The molecule has 41 heavy (non-hydrogen) atoms. The van der Waals surface area contributed by atoms with Crippen LogP contribution in [0, 0.1) is 0 Å². The lowest BCUT2D eigenvalue weighted by Crippen LogP contribution is -2.61. The largest absolute Gasteiger partial charge is 0.361 e. The lowest BCUT2D eigenvalue weighted by atomic mass is 9.61. The number of hydrogen-bond donors (Lipinski definition) is 2. The monoisotopic (exact) mass is 582 g/mol. The summed E-state index contributed by atoms with van der Waals surface area (Å²) in [7, 11) is 8.24. The first-order valence-corrected chi connectivity index (χ1v) is 15.8. The van der Waals surface area contributed by atoms with Crippen molar-refractivity contribution >= 4 is 48.3 Å². The molecule has 0 bridgehead atoms. The van der Waals surface area contributed by atoms with Gasteiger partial charge in [0, 0.05) is 43.7 Å². The van der Waals surface area contributed by atoms with Gasteiger partial charge in [-0.3, -0.25) is 14.5 Å². The molecule has 1 unspecified atom stereocenters. The van der Waals surface area contributed by atoms with Gasteiger partial charge >= 0.3 is 0 Å². The number of hydrogen-bond acceptors (Lipinski definition) is 7. The smallest absolute Gasteiger partial charge is 0.238 e. The summed E-state index contributed by atoms with van der Waals surface area (Å²) in [6.07, 6.45) is 1.16. The van der Waals surface area contributed by atoms with Gasteiger partial charge in [0.1, 0.15) is 0 Å². The number of likely N-dealkylation sites (tertiary alicyclic amines) is 1.